The van der Waals surface area contributed by atoms with E-state index >= 15 is 0 Å². The Balaban J connectivity index is 1.16. The fourth-order valence-corrected chi connectivity index (χ4v) is 4.07. The van der Waals surface area contributed by atoms with Crippen LogP contribution in [0.2, 0.25) is 0 Å². The van der Waals surface area contributed by atoms with Crippen LogP contribution in [0.3, 0.4) is 0 Å². The fraction of sp³-hybridized carbons (Fsp3) is 0.318. The predicted octanol–water partition coefficient (Wildman–Crippen LogP) is 3.04. The average molecular weight is 481 g/mol. The molecule has 1 aliphatic rings. The molecule has 34 heavy (non-hydrogen) atoms. The first-order chi connectivity index (χ1) is 16.7. The van der Waals surface area contributed by atoms with E-state index in [0.29, 0.717) is 24.1 Å². The first kappa shape index (κ1) is 22.0. The van der Waals surface area contributed by atoms with Gasteiger partial charge in [0.25, 0.3) is 0 Å². The number of nitrogens with one attached hydrogen (secondary N) is 2. The smallest absolute Gasteiger partial charge is 0.397 e. The summed E-state index contributed by atoms with van der Waals surface area (Å²) in [6.45, 7) is 4.31. The maximum Gasteiger partial charge on any atom is 0.413 e. The molecule has 1 aliphatic heterocycles. The Kier molecular flexibility index (Phi) is 6.77. The summed E-state index contributed by atoms with van der Waals surface area (Å²) in [5.74, 6) is 1.43. The van der Waals surface area contributed by atoms with E-state index in [2.05, 4.69) is 35.5 Å². The van der Waals surface area contributed by atoms with E-state index in [0.717, 1.165) is 55.3 Å². The van der Waals surface area contributed by atoms with Gasteiger partial charge >= 0.3 is 6.09 Å². The molecular weight excluding hydrogens is 456 g/mol. The van der Waals surface area contributed by atoms with Gasteiger partial charge in [-0.25, -0.2) is 19.7 Å². The highest BCUT2D eigenvalue weighted by atomic mass is 32.1. The van der Waals surface area contributed by atoms with Crippen LogP contribution in [0.15, 0.2) is 48.5 Å². The fourth-order valence-electron chi connectivity index (χ4n) is 3.60. The lowest BCUT2D eigenvalue weighted by Gasteiger charge is -2.27. The minimum Gasteiger partial charge on any atom is -0.397 e. The van der Waals surface area contributed by atoms with E-state index in [1.54, 1.807) is 17.9 Å². The van der Waals surface area contributed by atoms with E-state index < -0.39 is 6.09 Å². The topological polar surface area (TPSA) is 119 Å². The van der Waals surface area contributed by atoms with E-state index in [1.807, 2.05) is 29.0 Å². The molecule has 0 aromatic carbocycles. The Morgan fingerprint density at radius 1 is 1.15 bits per heavy atom. The zero-order valence-electron chi connectivity index (χ0n) is 18.4. The largest absolute Gasteiger partial charge is 0.413 e. The number of ether oxygens (including phenoxy) is 2. The molecule has 2 N–H and O–H groups in total. The van der Waals surface area contributed by atoms with Gasteiger partial charge in [-0.1, -0.05) is 11.3 Å². The van der Waals surface area contributed by atoms with Gasteiger partial charge in [0.2, 0.25) is 11.0 Å². The van der Waals surface area contributed by atoms with Crippen LogP contribution < -0.4 is 20.3 Å². The molecule has 0 bridgehead atoms. The summed E-state index contributed by atoms with van der Waals surface area (Å²) in [5, 5.41) is 7.39. The van der Waals surface area contributed by atoms with Crippen molar-refractivity contribution in [3.63, 3.8) is 0 Å². The van der Waals surface area contributed by atoms with Gasteiger partial charge < -0.3 is 29.6 Å². The molecule has 5 rings (SSSR count). The van der Waals surface area contributed by atoms with Gasteiger partial charge in [0, 0.05) is 44.0 Å². The van der Waals surface area contributed by atoms with Gasteiger partial charge in [0.1, 0.15) is 11.5 Å². The molecule has 0 saturated carbocycles. The van der Waals surface area contributed by atoms with Crippen molar-refractivity contribution < 1.29 is 14.3 Å². The Bertz CT molecular complexity index is 1220. The number of carbonyl (C=O) groups excluding carboxylic acids is 1. The summed E-state index contributed by atoms with van der Waals surface area (Å²) in [6.07, 6.45) is 7.30. The number of morpholine rings is 1. The van der Waals surface area contributed by atoms with Crippen molar-refractivity contribution in [2.75, 3.05) is 43.1 Å². The van der Waals surface area contributed by atoms with Crippen molar-refractivity contribution in [2.45, 2.75) is 13.0 Å². The highest BCUT2D eigenvalue weighted by Crippen LogP contribution is 2.20. The third-order valence-electron chi connectivity index (χ3n) is 5.29. The van der Waals surface area contributed by atoms with Gasteiger partial charge in [0.15, 0.2) is 0 Å². The number of aromatic nitrogens is 5. The minimum absolute atomic E-state index is 0.469. The third kappa shape index (κ3) is 5.41. The van der Waals surface area contributed by atoms with Gasteiger partial charge in [-0.2, -0.15) is 4.98 Å². The Labute approximate surface area is 199 Å². The molecule has 11 nitrogen and oxygen atoms in total. The number of fused-ring (bicyclic) bond motifs is 1. The minimum atomic E-state index is -0.483. The molecular formula is C22H24N8O3S. The average Bonchev–Trinajstić information content (AvgIpc) is 3.53. The molecule has 0 unspecified atom stereocenters. The zero-order valence-corrected chi connectivity index (χ0v) is 19.2. The molecule has 5 heterocycles. The second-order valence-corrected chi connectivity index (χ2v) is 8.45. The van der Waals surface area contributed by atoms with Crippen LogP contribution in [0.4, 0.5) is 22.2 Å². The molecule has 12 heteroatoms. The monoisotopic (exact) mass is 480 g/mol. The number of nitrogens with zero attached hydrogens (tertiary/aromatic N) is 6. The van der Waals surface area contributed by atoms with Crippen LogP contribution in [-0.4, -0.2) is 63.4 Å². The van der Waals surface area contributed by atoms with E-state index in [1.165, 1.54) is 17.5 Å². The second-order valence-electron chi connectivity index (χ2n) is 7.60. The molecule has 4 aromatic heterocycles. The summed E-state index contributed by atoms with van der Waals surface area (Å²) >= 11 is 1.27. The molecule has 4 aromatic rings. The highest BCUT2D eigenvalue weighted by Gasteiger charge is 2.12. The lowest BCUT2D eigenvalue weighted by Crippen LogP contribution is -2.36. The number of anilines is 3. The van der Waals surface area contributed by atoms with Crippen molar-refractivity contribution in [1.29, 1.82) is 0 Å². The van der Waals surface area contributed by atoms with Crippen molar-refractivity contribution in [3.8, 4) is 5.06 Å². The van der Waals surface area contributed by atoms with Crippen LogP contribution in [0.25, 0.3) is 11.0 Å². The maximum atomic E-state index is 11.8. The second kappa shape index (κ2) is 10.4. The maximum absolute atomic E-state index is 11.8. The first-order valence-electron chi connectivity index (χ1n) is 11.0. The predicted molar refractivity (Wildman–Crippen MR) is 129 cm³/mol. The van der Waals surface area contributed by atoms with Gasteiger partial charge in [0.05, 0.1) is 36.8 Å². The molecule has 0 atom stereocenters. The van der Waals surface area contributed by atoms with Gasteiger partial charge in [-0.05, 0) is 24.6 Å². The van der Waals surface area contributed by atoms with Crippen LogP contribution >= 0.6 is 11.3 Å². The van der Waals surface area contributed by atoms with Crippen LogP contribution in [0.5, 0.6) is 5.06 Å². The summed E-state index contributed by atoms with van der Waals surface area (Å²) < 4.78 is 12.6. The molecule has 1 saturated heterocycles. The summed E-state index contributed by atoms with van der Waals surface area (Å²) in [4.78, 5) is 31.5. The lowest BCUT2D eigenvalue weighted by atomic mass is 10.3. The lowest BCUT2D eigenvalue weighted by molar-refractivity contribution is 0.122. The van der Waals surface area contributed by atoms with Crippen molar-refractivity contribution >= 4 is 45.9 Å². The molecule has 1 amide bonds. The summed E-state index contributed by atoms with van der Waals surface area (Å²) in [6, 6.07) is 5.94. The zero-order chi connectivity index (χ0) is 23.2. The number of amides is 1. The van der Waals surface area contributed by atoms with E-state index in [4.69, 9.17) is 9.47 Å². The molecule has 1 fully saturated rings. The van der Waals surface area contributed by atoms with Crippen molar-refractivity contribution in [3.05, 3.63) is 48.5 Å². The van der Waals surface area contributed by atoms with E-state index in [-0.39, 0.29) is 0 Å². The molecule has 176 valence electrons. The molecule has 0 spiro atoms. The number of thiazole rings is 1. The third-order valence-corrected chi connectivity index (χ3v) is 5.94. The van der Waals surface area contributed by atoms with Crippen molar-refractivity contribution in [2.24, 2.45) is 0 Å². The Morgan fingerprint density at radius 3 is 2.85 bits per heavy atom. The van der Waals surface area contributed by atoms with Gasteiger partial charge in [-0.15, -0.1) is 0 Å². The normalized spacial score (nSPS) is 13.7. The van der Waals surface area contributed by atoms with Crippen molar-refractivity contribution in [1.82, 2.24) is 29.8 Å². The summed E-state index contributed by atoms with van der Waals surface area (Å²) in [5.41, 5.74) is 3.25. The van der Waals surface area contributed by atoms with Crippen LogP contribution in [-0.2, 0) is 11.3 Å². The highest BCUT2D eigenvalue weighted by molar-refractivity contribution is 7.11. The molecule has 0 aliphatic carbocycles. The standard InChI is InChI=1S/C22H24N8O3S/c31-22(33-19-14-23-15-34-19)24-5-1-6-30-7-4-16-12-26-21(28-20(16)30)27-17-2-3-18(25-13-17)29-8-10-32-11-9-29/h2-4,7,12-15H,1,5-6,8-11H2,(H,24,31)(H,26,27,28). The van der Waals surface area contributed by atoms with E-state index in [9.17, 15) is 4.79 Å². The number of aryl methyl sites for hydroxylation is 1. The SMILES string of the molecule is O=C(NCCCn1ccc2cnc(Nc3ccc(N4CCOCC4)nc3)nc21)Oc1cncs1. The molecule has 0 radical (unpaired) electrons. The first-order valence-corrected chi connectivity index (χ1v) is 11.8. The quantitative estimate of drug-likeness (QED) is 0.367. The number of hydrogen-bond donors (Lipinski definition) is 2. The Morgan fingerprint density at radius 2 is 2.06 bits per heavy atom. The number of pyridine rings is 1. The summed E-state index contributed by atoms with van der Waals surface area (Å²) in [7, 11) is 0. The number of rotatable bonds is 8. The number of hydrogen-bond acceptors (Lipinski definition) is 10. The Hall–Kier alpha value is -3.77. The van der Waals surface area contributed by atoms with Crippen LogP contribution in [0.1, 0.15) is 6.42 Å². The van der Waals surface area contributed by atoms with Gasteiger partial charge in [-0.3, -0.25) is 0 Å². The number of carbonyl (C=O) groups is 1. The van der Waals surface area contributed by atoms with Crippen LogP contribution in [0, 0.1) is 0 Å².